The van der Waals surface area contributed by atoms with Crippen LogP contribution < -0.4 is 0 Å². The minimum absolute atomic E-state index is 0.100. The fraction of sp³-hybridized carbons (Fsp3) is 0.250. The summed E-state index contributed by atoms with van der Waals surface area (Å²) in [6.07, 6.45) is 0. The molecule has 6 heteroatoms. The maximum Gasteiger partial charge on any atom is 0.808 e. The molecule has 5 nitrogen and oxygen atoms in total. The van der Waals surface area contributed by atoms with Crippen molar-refractivity contribution < 1.29 is 23.5 Å². The molecule has 0 aromatic rings. The van der Waals surface area contributed by atoms with E-state index in [9.17, 15) is 9.26 Å². The third-order valence-corrected chi connectivity index (χ3v) is 0.763. The lowest BCUT2D eigenvalue weighted by atomic mass is 10.4. The number of rotatable bonds is 3. The molecule has 0 aliphatic heterocycles. The molecule has 0 fully saturated rings. The summed E-state index contributed by atoms with van der Waals surface area (Å²) in [7, 11) is -3.20. The Bertz CT molecular complexity index is 174. The molecule has 0 heterocycles. The Balaban J connectivity index is 3.60. The van der Waals surface area contributed by atoms with Crippen molar-refractivity contribution in [1.29, 1.82) is 0 Å². The predicted molar refractivity (Wildman–Crippen MR) is 30.7 cm³/mol. The molecule has 56 valence electrons. The second kappa shape index (κ2) is 3.78. The van der Waals surface area contributed by atoms with E-state index in [0.717, 1.165) is 0 Å². The smallest absolute Gasteiger partial charge is 0.510 e. The molecule has 0 rings (SSSR count). The zero-order valence-corrected chi connectivity index (χ0v) is 6.29. The Morgan fingerprint density at radius 2 is 2.20 bits per heavy atom. The van der Waals surface area contributed by atoms with Gasteiger partial charge in [0.05, 0.1) is 0 Å². The zero-order chi connectivity index (χ0) is 8.15. The van der Waals surface area contributed by atoms with E-state index in [-0.39, 0.29) is 5.57 Å². The summed E-state index contributed by atoms with van der Waals surface area (Å²) in [6.45, 7) is 4.60. The Hall–Kier alpha value is -1.17. The molecular formula is C4H6O5Si. The van der Waals surface area contributed by atoms with Crippen molar-refractivity contribution in [2.24, 2.45) is 0 Å². The maximum absolute atomic E-state index is 10.4. The van der Waals surface area contributed by atoms with Gasteiger partial charge in [0.15, 0.2) is 0 Å². The maximum atomic E-state index is 10.4. The molecule has 0 amide bonds. The Kier molecular flexibility index (Phi) is 3.33. The molecule has 1 N–H and O–H groups in total. The van der Waals surface area contributed by atoms with Crippen molar-refractivity contribution in [3.63, 3.8) is 0 Å². The minimum Gasteiger partial charge on any atom is -0.510 e. The van der Waals surface area contributed by atoms with Crippen LogP contribution in [0.25, 0.3) is 0 Å². The van der Waals surface area contributed by atoms with Crippen LogP contribution in [0.3, 0.4) is 0 Å². The molecule has 0 radical (unpaired) electrons. The van der Waals surface area contributed by atoms with E-state index in [1.807, 2.05) is 0 Å². The molecule has 10 heavy (non-hydrogen) atoms. The van der Waals surface area contributed by atoms with Gasteiger partial charge in [0.2, 0.25) is 0 Å². The van der Waals surface area contributed by atoms with Gasteiger partial charge in [-0.3, -0.25) is 13.9 Å². The standard InChI is InChI=1S/C4H6O5Si/c1-3(2)4(5)8-9-10(6)7/h6H,1H2,2H3. The van der Waals surface area contributed by atoms with E-state index in [1.165, 1.54) is 6.92 Å². The highest BCUT2D eigenvalue weighted by atomic mass is 28.3. The van der Waals surface area contributed by atoms with Crippen LogP contribution in [0.4, 0.5) is 0 Å². The molecule has 0 saturated carbocycles. The first-order valence-corrected chi connectivity index (χ1v) is 3.57. The second-order valence-electron chi connectivity index (χ2n) is 1.50. The quantitative estimate of drug-likeness (QED) is 0.261. The van der Waals surface area contributed by atoms with Crippen LogP contribution in [0.2, 0.25) is 0 Å². The number of carbonyl (C=O) groups excluding carboxylic acids is 1. The predicted octanol–water partition coefficient (Wildman–Crippen LogP) is -0.555. The molecule has 0 unspecified atom stereocenters. The van der Waals surface area contributed by atoms with Gasteiger partial charge in [-0.05, 0) is 6.92 Å². The molecular weight excluding hydrogens is 156 g/mol. The summed E-state index contributed by atoms with van der Waals surface area (Å²) in [5.74, 6) is -0.854. The van der Waals surface area contributed by atoms with Gasteiger partial charge in [0, 0.05) is 5.57 Å². The van der Waals surface area contributed by atoms with E-state index < -0.39 is 15.1 Å². The van der Waals surface area contributed by atoms with Crippen molar-refractivity contribution in [1.82, 2.24) is 0 Å². The lowest BCUT2D eigenvalue weighted by Crippen LogP contribution is -2.12. The molecule has 0 spiro atoms. The summed E-state index contributed by atoms with van der Waals surface area (Å²) in [5.41, 5.74) is 0.100. The highest BCUT2D eigenvalue weighted by molar-refractivity contribution is 6.23. The number of hydrogen-bond donors (Lipinski definition) is 1. The summed E-state index contributed by atoms with van der Waals surface area (Å²) < 4.78 is 13.4. The highest BCUT2D eigenvalue weighted by Gasteiger charge is 2.10. The van der Waals surface area contributed by atoms with Gasteiger partial charge < -0.3 is 4.80 Å². The molecule has 0 aliphatic rings. The molecule has 0 atom stereocenters. The van der Waals surface area contributed by atoms with Crippen molar-refractivity contribution in [2.75, 3.05) is 0 Å². The Morgan fingerprint density at radius 3 is 2.50 bits per heavy atom. The molecule has 0 aromatic carbocycles. The third kappa shape index (κ3) is 3.78. The van der Waals surface area contributed by atoms with Gasteiger partial charge in [-0.1, -0.05) is 6.58 Å². The van der Waals surface area contributed by atoms with Gasteiger partial charge in [-0.25, -0.2) is 4.79 Å². The van der Waals surface area contributed by atoms with Crippen molar-refractivity contribution >= 4 is 15.1 Å². The molecule has 0 aliphatic carbocycles. The monoisotopic (exact) mass is 162 g/mol. The third-order valence-electron chi connectivity index (χ3n) is 0.537. The van der Waals surface area contributed by atoms with E-state index in [4.69, 9.17) is 4.80 Å². The van der Waals surface area contributed by atoms with Crippen LogP contribution in [0, 0.1) is 0 Å². The SMILES string of the molecule is C=C(C)C(=O)OO[Si](=O)O. The van der Waals surface area contributed by atoms with Crippen LogP contribution in [0.15, 0.2) is 12.2 Å². The van der Waals surface area contributed by atoms with Crippen molar-refractivity contribution in [3.05, 3.63) is 12.2 Å². The van der Waals surface area contributed by atoms with Crippen LogP contribution in [-0.2, 0) is 18.7 Å². The van der Waals surface area contributed by atoms with Crippen LogP contribution in [0.1, 0.15) is 6.92 Å². The molecule has 0 aromatic heterocycles. The second-order valence-corrected chi connectivity index (χ2v) is 2.20. The Labute approximate surface area is 58.7 Å². The fourth-order valence-corrected chi connectivity index (χ4v) is 0.292. The summed E-state index contributed by atoms with van der Waals surface area (Å²) >= 11 is 0. The van der Waals surface area contributed by atoms with Crippen molar-refractivity contribution in [3.8, 4) is 0 Å². The van der Waals surface area contributed by atoms with E-state index >= 15 is 0 Å². The molecule has 0 saturated heterocycles. The van der Waals surface area contributed by atoms with E-state index in [0.29, 0.717) is 0 Å². The van der Waals surface area contributed by atoms with E-state index in [1.54, 1.807) is 0 Å². The topological polar surface area (TPSA) is 72.8 Å². The normalized spacial score (nSPS) is 8.10. The lowest BCUT2D eigenvalue weighted by molar-refractivity contribution is -0.219. The first kappa shape index (κ1) is 8.83. The zero-order valence-electron chi connectivity index (χ0n) is 5.29. The highest BCUT2D eigenvalue weighted by Crippen LogP contribution is 1.91. The first-order chi connectivity index (χ1) is 4.54. The number of carbonyl (C=O) groups is 1. The van der Waals surface area contributed by atoms with Crippen molar-refractivity contribution in [2.45, 2.75) is 6.92 Å². The average Bonchev–Trinajstić information content (AvgIpc) is 1.82. The summed E-state index contributed by atoms with van der Waals surface area (Å²) in [4.78, 5) is 22.2. The van der Waals surface area contributed by atoms with Crippen LogP contribution in [-0.4, -0.2) is 19.9 Å². The van der Waals surface area contributed by atoms with Gasteiger partial charge in [0.25, 0.3) is 0 Å². The van der Waals surface area contributed by atoms with Crippen LogP contribution in [0.5, 0.6) is 0 Å². The Morgan fingerprint density at radius 1 is 1.70 bits per heavy atom. The lowest BCUT2D eigenvalue weighted by Gasteiger charge is -1.96. The van der Waals surface area contributed by atoms with Gasteiger partial charge >= 0.3 is 15.1 Å². The van der Waals surface area contributed by atoms with Gasteiger partial charge in [-0.2, -0.15) is 0 Å². The molecule has 0 bridgehead atoms. The van der Waals surface area contributed by atoms with E-state index in [2.05, 4.69) is 16.0 Å². The van der Waals surface area contributed by atoms with Gasteiger partial charge in [-0.15, -0.1) is 0 Å². The first-order valence-electron chi connectivity index (χ1n) is 2.31. The fourth-order valence-electron chi connectivity index (χ4n) is 0.145. The van der Waals surface area contributed by atoms with Gasteiger partial charge in [0.1, 0.15) is 0 Å². The summed E-state index contributed by atoms with van der Waals surface area (Å²) in [6, 6.07) is 0. The van der Waals surface area contributed by atoms with Crippen LogP contribution >= 0.6 is 0 Å². The summed E-state index contributed by atoms with van der Waals surface area (Å²) in [5, 5.41) is 0. The minimum atomic E-state index is -3.20. The average molecular weight is 162 g/mol. The largest absolute Gasteiger partial charge is 0.808 e. The number of hydrogen-bond acceptors (Lipinski definition) is 4.